The molecule has 0 saturated carbocycles. The molecule has 1 aliphatic rings. The maximum atomic E-state index is 15.9. The van der Waals surface area contributed by atoms with Gasteiger partial charge in [0, 0.05) is 39.0 Å². The molecule has 0 bridgehead atoms. The van der Waals surface area contributed by atoms with Gasteiger partial charge in [-0.25, -0.2) is 4.39 Å². The number of aryl methyl sites for hydroxylation is 1. The molecule has 2 unspecified atom stereocenters. The Morgan fingerprint density at radius 2 is 1.92 bits per heavy atom. The van der Waals surface area contributed by atoms with E-state index >= 15 is 4.39 Å². The molecule has 3 N–H and O–H groups in total. The van der Waals surface area contributed by atoms with E-state index in [1.54, 1.807) is 24.3 Å². The van der Waals surface area contributed by atoms with Gasteiger partial charge in [0.2, 0.25) is 5.91 Å². The molecular weight excluding hydrogens is 482 g/mol. The fraction of sp³-hybridized carbons (Fsp3) is 0.375. The first-order chi connectivity index (χ1) is 17.0. The number of amides is 1. The number of furan rings is 1. The summed E-state index contributed by atoms with van der Waals surface area (Å²) in [6.07, 6.45) is -4.34. The van der Waals surface area contributed by atoms with Crippen molar-refractivity contribution in [2.24, 2.45) is 11.7 Å². The fourth-order valence-electron chi connectivity index (χ4n) is 4.38. The summed E-state index contributed by atoms with van der Waals surface area (Å²) in [6.45, 7) is 1.55. The minimum Gasteiger partial charge on any atom is -0.469 e. The molecule has 0 spiro atoms. The summed E-state index contributed by atoms with van der Waals surface area (Å²) in [4.78, 5) is 26.4. The quantitative estimate of drug-likeness (QED) is 0.495. The van der Waals surface area contributed by atoms with Crippen LogP contribution in [0.2, 0.25) is 0 Å². The van der Waals surface area contributed by atoms with E-state index in [0.29, 0.717) is 6.54 Å². The highest BCUT2D eigenvalue weighted by atomic mass is 19.4. The van der Waals surface area contributed by atoms with E-state index in [4.69, 9.17) is 10.2 Å². The van der Waals surface area contributed by atoms with Crippen LogP contribution in [0.3, 0.4) is 0 Å². The molecule has 3 aromatic rings. The second kappa shape index (κ2) is 9.76. The molecule has 8 nitrogen and oxygen atoms in total. The summed E-state index contributed by atoms with van der Waals surface area (Å²) in [6, 6.07) is 8.57. The monoisotopic (exact) mass is 507 g/mol. The van der Waals surface area contributed by atoms with Gasteiger partial charge in [0.1, 0.15) is 11.5 Å². The van der Waals surface area contributed by atoms with Crippen LogP contribution in [0.1, 0.15) is 45.3 Å². The largest absolute Gasteiger partial charge is 0.469 e. The van der Waals surface area contributed by atoms with Crippen LogP contribution in [0.15, 0.2) is 41.0 Å². The van der Waals surface area contributed by atoms with Gasteiger partial charge >= 0.3 is 6.18 Å². The highest BCUT2D eigenvalue weighted by Crippen LogP contribution is 2.43. The molecule has 0 radical (unpaired) electrons. The number of aromatic nitrogens is 2. The van der Waals surface area contributed by atoms with Gasteiger partial charge < -0.3 is 20.4 Å². The van der Waals surface area contributed by atoms with Crippen LogP contribution < -0.4 is 16.0 Å². The van der Waals surface area contributed by atoms with Crippen LogP contribution in [0, 0.1) is 18.7 Å². The third-order valence-electron chi connectivity index (χ3n) is 6.33. The van der Waals surface area contributed by atoms with Crippen LogP contribution in [0.5, 0.6) is 0 Å². The standard InChI is InChI=1S/C24H25F4N5O3/c1-13-16(7-8-36-13)23(35)33-22(32(2)12-15-5-3-14(10-29)4-6-15)20(25)21(31-33)17-11-30-19(34)9-18(17)24(26,27)28/h3-8,17-18H,9-12,29H2,1-2H3,(H,30,34). The van der Waals surface area contributed by atoms with Gasteiger partial charge in [-0.2, -0.15) is 23.0 Å². The first-order valence-corrected chi connectivity index (χ1v) is 11.2. The van der Waals surface area contributed by atoms with Crippen LogP contribution in [0.4, 0.5) is 23.4 Å². The van der Waals surface area contributed by atoms with E-state index in [9.17, 15) is 22.8 Å². The van der Waals surface area contributed by atoms with Gasteiger partial charge in [-0.1, -0.05) is 24.3 Å². The number of nitrogens with one attached hydrogen (secondary N) is 1. The van der Waals surface area contributed by atoms with Crippen molar-refractivity contribution in [1.82, 2.24) is 15.1 Å². The predicted octanol–water partition coefficient (Wildman–Crippen LogP) is 3.49. The van der Waals surface area contributed by atoms with Crippen molar-refractivity contribution in [1.29, 1.82) is 0 Å². The minimum absolute atomic E-state index is 0.0929. The van der Waals surface area contributed by atoms with Crippen LogP contribution in [-0.2, 0) is 17.9 Å². The number of hydrogen-bond acceptors (Lipinski definition) is 6. The number of halogens is 4. The molecule has 192 valence electrons. The Bertz CT molecular complexity index is 1270. The molecule has 1 aromatic carbocycles. The Kier molecular flexibility index (Phi) is 6.90. The Morgan fingerprint density at radius 3 is 2.50 bits per heavy atom. The summed E-state index contributed by atoms with van der Waals surface area (Å²) in [5.41, 5.74) is 6.83. The number of hydrogen-bond donors (Lipinski definition) is 2. The van der Waals surface area contributed by atoms with Crippen LogP contribution in [-0.4, -0.2) is 41.4 Å². The Balaban J connectivity index is 1.79. The molecule has 1 amide bonds. The molecule has 2 atom stereocenters. The second-order valence-electron chi connectivity index (χ2n) is 8.77. The molecule has 1 fully saturated rings. The number of piperidine rings is 1. The van der Waals surface area contributed by atoms with E-state index in [-0.39, 0.29) is 23.7 Å². The first kappa shape index (κ1) is 25.4. The van der Waals surface area contributed by atoms with Crippen molar-refractivity contribution in [3.8, 4) is 0 Å². The van der Waals surface area contributed by atoms with Gasteiger partial charge in [-0.05, 0) is 24.1 Å². The number of anilines is 1. The maximum absolute atomic E-state index is 15.9. The van der Waals surface area contributed by atoms with Crippen molar-refractivity contribution >= 4 is 17.6 Å². The van der Waals surface area contributed by atoms with Gasteiger partial charge in [-0.3, -0.25) is 9.59 Å². The number of carbonyl (C=O) groups is 2. The smallest absolute Gasteiger partial charge is 0.393 e. The van der Waals surface area contributed by atoms with E-state index in [1.165, 1.54) is 31.2 Å². The van der Waals surface area contributed by atoms with Crippen molar-refractivity contribution in [3.63, 3.8) is 0 Å². The number of alkyl halides is 3. The van der Waals surface area contributed by atoms with Crippen molar-refractivity contribution < 1.29 is 31.6 Å². The maximum Gasteiger partial charge on any atom is 0.393 e. The minimum atomic E-state index is -4.76. The highest BCUT2D eigenvalue weighted by Gasteiger charge is 2.50. The molecule has 36 heavy (non-hydrogen) atoms. The lowest BCUT2D eigenvalue weighted by Crippen LogP contribution is -2.45. The van der Waals surface area contributed by atoms with Gasteiger partial charge in [0.25, 0.3) is 5.91 Å². The third-order valence-corrected chi connectivity index (χ3v) is 6.33. The molecular formula is C24H25F4N5O3. The molecule has 1 aliphatic heterocycles. The average molecular weight is 507 g/mol. The van der Waals surface area contributed by atoms with E-state index < -0.39 is 54.3 Å². The van der Waals surface area contributed by atoms with Crippen LogP contribution >= 0.6 is 0 Å². The fourth-order valence-corrected chi connectivity index (χ4v) is 4.38. The molecule has 2 aromatic heterocycles. The third kappa shape index (κ3) is 4.85. The summed E-state index contributed by atoms with van der Waals surface area (Å²) < 4.78 is 63.2. The molecule has 4 rings (SSSR count). The zero-order chi connectivity index (χ0) is 26.2. The van der Waals surface area contributed by atoms with Crippen molar-refractivity contribution in [2.45, 2.75) is 38.5 Å². The molecule has 12 heteroatoms. The van der Waals surface area contributed by atoms with E-state index in [2.05, 4.69) is 10.4 Å². The lowest BCUT2D eigenvalue weighted by Gasteiger charge is -2.31. The predicted molar refractivity (Wildman–Crippen MR) is 122 cm³/mol. The zero-order valence-electron chi connectivity index (χ0n) is 19.6. The number of nitrogens with two attached hydrogens (primary N) is 1. The molecule has 1 saturated heterocycles. The number of rotatable bonds is 6. The Hall–Kier alpha value is -3.67. The van der Waals surface area contributed by atoms with Gasteiger partial charge in [0.05, 0.1) is 17.7 Å². The SMILES string of the molecule is Cc1occc1C(=O)n1nc(C2CNC(=O)CC2C(F)(F)F)c(F)c1N(C)Cc1ccc(CN)cc1. The Morgan fingerprint density at radius 1 is 1.25 bits per heavy atom. The topological polar surface area (TPSA) is 106 Å². The van der Waals surface area contributed by atoms with Crippen LogP contribution in [0.25, 0.3) is 0 Å². The van der Waals surface area contributed by atoms with Gasteiger partial charge in [0.15, 0.2) is 11.6 Å². The zero-order valence-corrected chi connectivity index (χ0v) is 19.6. The number of nitrogens with zero attached hydrogens (tertiary/aromatic N) is 3. The molecule has 3 heterocycles. The second-order valence-corrected chi connectivity index (χ2v) is 8.77. The normalized spacial score (nSPS) is 18.2. The van der Waals surface area contributed by atoms with E-state index in [1.807, 2.05) is 0 Å². The summed E-state index contributed by atoms with van der Waals surface area (Å²) >= 11 is 0. The van der Waals surface area contributed by atoms with E-state index in [0.717, 1.165) is 15.8 Å². The lowest BCUT2D eigenvalue weighted by atomic mass is 9.83. The van der Waals surface area contributed by atoms with Crippen molar-refractivity contribution in [2.75, 3.05) is 18.5 Å². The highest BCUT2D eigenvalue weighted by molar-refractivity contribution is 5.98. The first-order valence-electron chi connectivity index (χ1n) is 11.2. The summed E-state index contributed by atoms with van der Waals surface area (Å²) in [5, 5.41) is 6.41. The number of benzene rings is 1. The van der Waals surface area contributed by atoms with Gasteiger partial charge in [-0.15, -0.1) is 0 Å². The number of carbonyl (C=O) groups excluding carboxylic acids is 2. The Labute approximate surface area is 204 Å². The average Bonchev–Trinajstić information content (AvgIpc) is 3.41. The van der Waals surface area contributed by atoms with Crippen molar-refractivity contribution in [3.05, 3.63) is 70.6 Å². The molecule has 0 aliphatic carbocycles. The summed E-state index contributed by atoms with van der Waals surface area (Å²) in [5.74, 6) is -6.28. The lowest BCUT2D eigenvalue weighted by molar-refractivity contribution is -0.189. The summed E-state index contributed by atoms with van der Waals surface area (Å²) in [7, 11) is 1.51.